The standard InChI is InChI=1S/C14H20FN2O14P3/c1-3-5-14(20)11(19)13(7-15,29-12(14)17-6-4-10(18)16-9(17)2)8-28-33(24,25)31-34(26,27)30-32(21,22)23/h4-6,11-12,19-20H,1-2,7-8H2,(H,16,18)(H,24,25)(H,26,27)(H2,21,22,23)/t11-,12-,13-,14-/m1/s1. The van der Waals surface area contributed by atoms with Gasteiger partial charge in [-0.3, -0.25) is 9.32 Å². The number of phosphoric ester groups is 1. The number of phosphoric acid groups is 3. The van der Waals surface area contributed by atoms with Gasteiger partial charge in [-0.2, -0.15) is 8.62 Å². The molecule has 0 aromatic heterocycles. The zero-order chi connectivity index (χ0) is 26.2. The SMILES string of the molecule is C=C=C[C@@]1(O)[C@H](O)[C@@](CF)(COP(=O)(O)OP(=O)(O)OP(=O)(O)O)O[C@H]1N1C=CC(=O)NC1=C. The summed E-state index contributed by atoms with van der Waals surface area (Å²) in [6, 6.07) is 0. The molecule has 0 aromatic carbocycles. The van der Waals surface area contributed by atoms with Crippen molar-refractivity contribution < 1.29 is 70.5 Å². The lowest BCUT2D eigenvalue weighted by molar-refractivity contribution is -0.145. The largest absolute Gasteiger partial charge is 0.490 e. The van der Waals surface area contributed by atoms with E-state index in [-0.39, 0.29) is 5.82 Å². The fraction of sp³-hybridized carbons (Fsp3) is 0.429. The number of aliphatic hydroxyl groups excluding tert-OH is 1. The van der Waals surface area contributed by atoms with E-state index in [1.54, 1.807) is 0 Å². The van der Waals surface area contributed by atoms with Gasteiger partial charge in [0.1, 0.15) is 18.6 Å². The van der Waals surface area contributed by atoms with Crippen molar-refractivity contribution in [1.82, 2.24) is 10.2 Å². The summed E-state index contributed by atoms with van der Waals surface area (Å²) in [5.74, 6) is -0.782. The van der Waals surface area contributed by atoms with Crippen molar-refractivity contribution >= 4 is 29.4 Å². The van der Waals surface area contributed by atoms with Crippen molar-refractivity contribution in [3.8, 4) is 0 Å². The van der Waals surface area contributed by atoms with Gasteiger partial charge < -0.3 is 44.7 Å². The Balaban J connectivity index is 2.33. The van der Waals surface area contributed by atoms with E-state index in [1.807, 2.05) is 0 Å². The number of carbonyl (C=O) groups is 1. The molecule has 6 atom stereocenters. The molecule has 192 valence electrons. The maximum atomic E-state index is 14.1. The van der Waals surface area contributed by atoms with Crippen LogP contribution in [0.3, 0.4) is 0 Å². The normalized spacial score (nSPS) is 33.1. The summed E-state index contributed by atoms with van der Waals surface area (Å²) in [6.07, 6.45) is -1.21. The molecule has 7 N–H and O–H groups in total. The second-order valence-corrected chi connectivity index (χ2v) is 11.3. The molecule has 1 amide bonds. The smallest absolute Gasteiger partial charge is 0.386 e. The predicted molar refractivity (Wildman–Crippen MR) is 106 cm³/mol. The quantitative estimate of drug-likeness (QED) is 0.130. The van der Waals surface area contributed by atoms with Gasteiger partial charge in [-0.25, -0.2) is 18.1 Å². The van der Waals surface area contributed by atoms with Crippen molar-refractivity contribution in [3.05, 3.63) is 43.1 Å². The summed E-state index contributed by atoms with van der Waals surface area (Å²) in [5.41, 5.74) is -3.01. The first-order valence-corrected chi connectivity index (χ1v) is 13.2. The molecule has 2 heterocycles. The summed E-state index contributed by atoms with van der Waals surface area (Å²) in [4.78, 5) is 48.3. The number of rotatable bonds is 10. The zero-order valence-electron chi connectivity index (χ0n) is 16.8. The summed E-state index contributed by atoms with van der Waals surface area (Å²) in [6.45, 7) is 3.65. The number of aliphatic hydroxyl groups is 2. The third-order valence-corrected chi connectivity index (χ3v) is 8.13. The Kier molecular flexibility index (Phi) is 8.33. The maximum Gasteiger partial charge on any atom is 0.490 e. The monoisotopic (exact) mass is 552 g/mol. The Bertz CT molecular complexity index is 1070. The number of ether oxygens (including phenoxy) is 1. The van der Waals surface area contributed by atoms with E-state index in [0.717, 1.165) is 23.3 Å². The molecule has 16 nitrogen and oxygen atoms in total. The second-order valence-electron chi connectivity index (χ2n) is 6.83. The highest BCUT2D eigenvalue weighted by Crippen LogP contribution is 2.66. The molecule has 0 saturated carbocycles. The molecule has 1 fully saturated rings. The van der Waals surface area contributed by atoms with Crippen LogP contribution < -0.4 is 5.32 Å². The number of nitrogens with zero attached hydrogens (tertiary/aromatic N) is 1. The molecule has 0 aromatic rings. The molecule has 0 aliphatic carbocycles. The van der Waals surface area contributed by atoms with Gasteiger partial charge in [-0.05, 0) is 6.08 Å². The molecule has 0 spiro atoms. The van der Waals surface area contributed by atoms with Crippen LogP contribution in [0.2, 0.25) is 0 Å². The van der Waals surface area contributed by atoms with Crippen LogP contribution in [0.25, 0.3) is 0 Å². The minimum absolute atomic E-state index is 0.178. The third kappa shape index (κ3) is 6.38. The van der Waals surface area contributed by atoms with Crippen LogP contribution in [0, 0.1) is 0 Å². The van der Waals surface area contributed by atoms with Gasteiger partial charge in [0.15, 0.2) is 17.4 Å². The average molecular weight is 552 g/mol. The van der Waals surface area contributed by atoms with Gasteiger partial charge in [0.2, 0.25) is 0 Å². The van der Waals surface area contributed by atoms with Crippen molar-refractivity contribution in [3.63, 3.8) is 0 Å². The summed E-state index contributed by atoms with van der Waals surface area (Å²) < 4.78 is 65.2. The Labute approximate surface area is 190 Å². The lowest BCUT2D eigenvalue weighted by Crippen LogP contribution is -2.56. The Morgan fingerprint density at radius 3 is 2.38 bits per heavy atom. The molecule has 0 radical (unpaired) electrons. The van der Waals surface area contributed by atoms with Crippen LogP contribution in [0.5, 0.6) is 0 Å². The number of amides is 1. The number of alkyl halides is 1. The predicted octanol–water partition coefficient (Wildman–Crippen LogP) is -0.756. The molecule has 2 unspecified atom stereocenters. The fourth-order valence-corrected chi connectivity index (χ4v) is 6.06. The van der Waals surface area contributed by atoms with Crippen molar-refractivity contribution in [2.75, 3.05) is 13.3 Å². The Hall–Kier alpha value is -1.51. The molecule has 0 bridgehead atoms. The lowest BCUT2D eigenvalue weighted by atomic mass is 9.86. The van der Waals surface area contributed by atoms with E-state index in [1.165, 1.54) is 0 Å². The van der Waals surface area contributed by atoms with E-state index in [9.17, 15) is 42.9 Å². The summed E-state index contributed by atoms with van der Waals surface area (Å²) in [7, 11) is -17.2. The van der Waals surface area contributed by atoms with E-state index in [0.29, 0.717) is 0 Å². The molecule has 2 aliphatic heterocycles. The first-order chi connectivity index (χ1) is 15.4. The van der Waals surface area contributed by atoms with Crippen molar-refractivity contribution in [1.29, 1.82) is 0 Å². The highest BCUT2D eigenvalue weighted by atomic mass is 31.3. The number of nitrogens with one attached hydrogen (secondary N) is 1. The highest BCUT2D eigenvalue weighted by molar-refractivity contribution is 7.66. The van der Waals surface area contributed by atoms with Crippen molar-refractivity contribution in [2.45, 2.75) is 23.5 Å². The van der Waals surface area contributed by atoms with Gasteiger partial charge in [-0.15, -0.1) is 5.73 Å². The van der Waals surface area contributed by atoms with Crippen LogP contribution in [-0.4, -0.2) is 77.4 Å². The van der Waals surface area contributed by atoms with Gasteiger partial charge in [0, 0.05) is 12.3 Å². The van der Waals surface area contributed by atoms with E-state index in [2.05, 4.69) is 37.4 Å². The summed E-state index contributed by atoms with van der Waals surface area (Å²) >= 11 is 0. The maximum absolute atomic E-state index is 14.1. The highest BCUT2D eigenvalue weighted by Gasteiger charge is 2.65. The van der Waals surface area contributed by atoms with Gasteiger partial charge >= 0.3 is 23.5 Å². The number of hydrogen-bond acceptors (Lipinski definition) is 11. The average Bonchev–Trinajstić information content (AvgIpc) is 2.86. The van der Waals surface area contributed by atoms with Crippen LogP contribution in [0.4, 0.5) is 4.39 Å². The van der Waals surface area contributed by atoms with Crippen molar-refractivity contribution in [2.24, 2.45) is 0 Å². The first kappa shape index (κ1) is 28.7. The minimum atomic E-state index is -5.87. The third-order valence-electron chi connectivity index (χ3n) is 4.34. The Morgan fingerprint density at radius 2 is 1.88 bits per heavy atom. The number of halogens is 1. The van der Waals surface area contributed by atoms with Crippen LogP contribution >= 0.6 is 23.5 Å². The Morgan fingerprint density at radius 1 is 1.26 bits per heavy atom. The summed E-state index contributed by atoms with van der Waals surface area (Å²) in [5, 5.41) is 24.0. The molecule has 2 aliphatic rings. The minimum Gasteiger partial charge on any atom is -0.386 e. The van der Waals surface area contributed by atoms with E-state index >= 15 is 0 Å². The number of hydrogen-bond donors (Lipinski definition) is 7. The van der Waals surface area contributed by atoms with Gasteiger partial charge in [-0.1, -0.05) is 13.2 Å². The van der Waals surface area contributed by atoms with Crippen LogP contribution in [0.15, 0.2) is 43.1 Å². The fourth-order valence-electron chi connectivity index (χ4n) is 2.99. The second kappa shape index (κ2) is 9.86. The lowest BCUT2D eigenvalue weighted by Gasteiger charge is -2.37. The number of carbonyl (C=O) groups excluding carboxylic acids is 1. The molecular formula is C14H20FN2O14P3. The van der Waals surface area contributed by atoms with Gasteiger partial charge in [0.25, 0.3) is 5.91 Å². The first-order valence-electron chi connectivity index (χ1n) is 8.66. The molecular weight excluding hydrogens is 532 g/mol. The van der Waals surface area contributed by atoms with Gasteiger partial charge in [0.05, 0.1) is 6.61 Å². The van der Waals surface area contributed by atoms with E-state index in [4.69, 9.17) is 14.5 Å². The molecule has 2 rings (SSSR count). The molecule has 20 heteroatoms. The molecule has 34 heavy (non-hydrogen) atoms. The van der Waals surface area contributed by atoms with E-state index < -0.39 is 66.2 Å². The van der Waals surface area contributed by atoms with Crippen LogP contribution in [-0.2, 0) is 36.4 Å². The zero-order valence-corrected chi connectivity index (χ0v) is 19.5. The van der Waals surface area contributed by atoms with Crippen LogP contribution in [0.1, 0.15) is 0 Å². The molecule has 1 saturated heterocycles. The topological polar surface area (TPSA) is 242 Å².